The maximum Gasteiger partial charge on any atom is 0.409 e. The highest BCUT2D eigenvalue weighted by Crippen LogP contribution is 2.43. The van der Waals surface area contributed by atoms with Gasteiger partial charge in [-0.05, 0) is 31.2 Å². The minimum Gasteiger partial charge on any atom is -0.503 e. The van der Waals surface area contributed by atoms with Crippen molar-refractivity contribution in [1.82, 2.24) is 9.80 Å². The van der Waals surface area contributed by atoms with Gasteiger partial charge in [-0.3, -0.25) is 9.59 Å². The Balaban J connectivity index is 1.86. The average molecular weight is 407 g/mol. The highest BCUT2D eigenvalue weighted by molar-refractivity contribution is 7.10. The first kappa shape index (κ1) is 20.4. The monoisotopic (exact) mass is 406 g/mol. The number of hydrogen-bond acceptors (Lipinski definition) is 6. The summed E-state index contributed by atoms with van der Waals surface area (Å²) in [6.45, 7) is 6.55. The van der Waals surface area contributed by atoms with E-state index in [1.807, 2.05) is 17.5 Å². The van der Waals surface area contributed by atoms with E-state index in [1.165, 1.54) is 11.3 Å². The Labute approximate surface area is 168 Å². The van der Waals surface area contributed by atoms with Gasteiger partial charge >= 0.3 is 6.09 Å². The Bertz CT molecular complexity index is 779. The predicted octanol–water partition coefficient (Wildman–Crippen LogP) is 3.29. The van der Waals surface area contributed by atoms with Gasteiger partial charge in [0.2, 0.25) is 0 Å². The molecule has 1 unspecified atom stereocenters. The van der Waals surface area contributed by atoms with Crippen LogP contribution in [0.4, 0.5) is 4.79 Å². The van der Waals surface area contributed by atoms with Crippen LogP contribution in [-0.4, -0.2) is 58.4 Å². The summed E-state index contributed by atoms with van der Waals surface area (Å²) in [7, 11) is 0. The van der Waals surface area contributed by atoms with Crippen molar-refractivity contribution in [3.8, 4) is 0 Å². The van der Waals surface area contributed by atoms with E-state index in [0.717, 1.165) is 4.88 Å². The van der Waals surface area contributed by atoms with Crippen molar-refractivity contribution in [2.45, 2.75) is 45.7 Å². The van der Waals surface area contributed by atoms with Gasteiger partial charge in [0.1, 0.15) is 0 Å². The molecule has 8 heteroatoms. The molecule has 0 aliphatic carbocycles. The van der Waals surface area contributed by atoms with Crippen molar-refractivity contribution in [3.63, 3.8) is 0 Å². The fraction of sp³-hybridized carbons (Fsp3) is 0.550. The molecule has 3 heterocycles. The van der Waals surface area contributed by atoms with E-state index in [9.17, 15) is 19.5 Å². The number of likely N-dealkylation sites (tertiary alicyclic amines) is 1. The van der Waals surface area contributed by atoms with Gasteiger partial charge in [-0.2, -0.15) is 0 Å². The van der Waals surface area contributed by atoms with Crippen molar-refractivity contribution in [2.75, 3.05) is 19.7 Å². The van der Waals surface area contributed by atoms with Gasteiger partial charge in [-0.1, -0.05) is 19.9 Å². The second kappa shape index (κ2) is 8.34. The summed E-state index contributed by atoms with van der Waals surface area (Å²) in [4.78, 5) is 41.8. The van der Waals surface area contributed by atoms with Crippen LogP contribution in [-0.2, 0) is 14.3 Å². The molecule has 1 N–H and O–H groups in total. The molecule has 1 atom stereocenters. The number of amides is 2. The summed E-state index contributed by atoms with van der Waals surface area (Å²) in [6, 6.07) is 3.03. The lowest BCUT2D eigenvalue weighted by molar-refractivity contribution is -0.132. The number of piperidine rings is 1. The van der Waals surface area contributed by atoms with Gasteiger partial charge in [0.05, 0.1) is 18.2 Å². The quantitative estimate of drug-likeness (QED) is 0.811. The summed E-state index contributed by atoms with van der Waals surface area (Å²) in [5.74, 6) is -1.48. The molecule has 2 aliphatic rings. The van der Waals surface area contributed by atoms with Crippen LogP contribution in [0.2, 0.25) is 0 Å². The molecule has 3 rings (SSSR count). The molecule has 1 aromatic heterocycles. The van der Waals surface area contributed by atoms with Crippen LogP contribution in [0.25, 0.3) is 0 Å². The first-order valence-electron chi connectivity index (χ1n) is 9.61. The molecule has 0 bridgehead atoms. The van der Waals surface area contributed by atoms with Gasteiger partial charge in [-0.25, -0.2) is 4.79 Å². The van der Waals surface area contributed by atoms with Crippen molar-refractivity contribution in [3.05, 3.63) is 33.7 Å². The van der Waals surface area contributed by atoms with E-state index in [-0.39, 0.29) is 29.4 Å². The number of aliphatic hydroxyl groups excluding tert-OH is 1. The van der Waals surface area contributed by atoms with Crippen LogP contribution in [0.3, 0.4) is 0 Å². The van der Waals surface area contributed by atoms with Crippen molar-refractivity contribution in [1.29, 1.82) is 0 Å². The zero-order valence-electron chi connectivity index (χ0n) is 16.4. The lowest BCUT2D eigenvalue weighted by atomic mass is 9.93. The van der Waals surface area contributed by atoms with Gasteiger partial charge in [0.25, 0.3) is 5.91 Å². The summed E-state index contributed by atoms with van der Waals surface area (Å²) >= 11 is 1.46. The molecule has 1 saturated heterocycles. The van der Waals surface area contributed by atoms with E-state index in [0.29, 0.717) is 32.5 Å². The number of carbonyl (C=O) groups is 3. The fourth-order valence-corrected chi connectivity index (χ4v) is 4.66. The minimum absolute atomic E-state index is 0.162. The molecule has 0 aromatic carbocycles. The molecule has 2 amide bonds. The molecule has 0 saturated carbocycles. The topological polar surface area (TPSA) is 87.2 Å². The molecule has 0 spiro atoms. The zero-order valence-corrected chi connectivity index (χ0v) is 17.2. The number of aliphatic hydroxyl groups is 1. The van der Waals surface area contributed by atoms with Gasteiger partial charge in [0, 0.05) is 29.9 Å². The summed E-state index contributed by atoms with van der Waals surface area (Å²) in [5, 5.41) is 12.4. The number of hydrogen-bond donors (Lipinski definition) is 1. The number of carbonyl (C=O) groups excluding carboxylic acids is 3. The van der Waals surface area contributed by atoms with Crippen LogP contribution in [0.5, 0.6) is 0 Å². The molecule has 1 fully saturated rings. The molecular weight excluding hydrogens is 380 g/mol. The van der Waals surface area contributed by atoms with Crippen LogP contribution < -0.4 is 0 Å². The van der Waals surface area contributed by atoms with E-state index in [2.05, 4.69) is 0 Å². The summed E-state index contributed by atoms with van der Waals surface area (Å²) < 4.78 is 5.05. The Morgan fingerprint density at radius 1 is 1.32 bits per heavy atom. The van der Waals surface area contributed by atoms with E-state index >= 15 is 0 Å². The van der Waals surface area contributed by atoms with Gasteiger partial charge in [-0.15, -0.1) is 11.3 Å². The zero-order chi connectivity index (χ0) is 20.4. The number of ether oxygens (including phenoxy) is 1. The van der Waals surface area contributed by atoms with Crippen LogP contribution in [0, 0.1) is 5.92 Å². The normalized spacial score (nSPS) is 21.0. The summed E-state index contributed by atoms with van der Waals surface area (Å²) in [5.41, 5.74) is 0.190. The van der Waals surface area contributed by atoms with Gasteiger partial charge < -0.3 is 19.6 Å². The summed E-state index contributed by atoms with van der Waals surface area (Å²) in [6.07, 6.45) is 0.797. The Hall–Kier alpha value is -2.35. The minimum atomic E-state index is -0.568. The van der Waals surface area contributed by atoms with Gasteiger partial charge in [0.15, 0.2) is 11.5 Å². The van der Waals surface area contributed by atoms with Crippen molar-refractivity contribution >= 4 is 29.1 Å². The standard InChI is InChI=1S/C20H26N2O5S/c1-4-27-20(26)21-9-7-13(8-10-21)22-16(14-6-5-11-28-14)15(17(23)12(2)3)18(24)19(22)25/h5-6,11-13,16,24H,4,7-10H2,1-3H3. The number of rotatable bonds is 5. The maximum atomic E-state index is 12.9. The Kier molecular flexibility index (Phi) is 6.07. The second-order valence-electron chi connectivity index (χ2n) is 7.33. The van der Waals surface area contributed by atoms with Crippen molar-refractivity contribution < 1.29 is 24.2 Å². The smallest absolute Gasteiger partial charge is 0.409 e. The number of Topliss-reactive ketones (excluding diaryl/α,β-unsaturated/α-hetero) is 1. The maximum absolute atomic E-state index is 12.9. The third kappa shape index (κ3) is 3.65. The van der Waals surface area contributed by atoms with E-state index in [4.69, 9.17) is 4.74 Å². The second-order valence-corrected chi connectivity index (χ2v) is 8.31. The lowest BCUT2D eigenvalue weighted by Crippen LogP contribution is -2.48. The molecule has 1 aromatic rings. The highest BCUT2D eigenvalue weighted by atomic mass is 32.1. The Morgan fingerprint density at radius 3 is 2.54 bits per heavy atom. The molecular formula is C20H26N2O5S. The fourth-order valence-electron chi connectivity index (χ4n) is 3.83. The number of ketones is 1. The highest BCUT2D eigenvalue weighted by Gasteiger charge is 2.47. The predicted molar refractivity (Wildman–Crippen MR) is 105 cm³/mol. The lowest BCUT2D eigenvalue weighted by Gasteiger charge is -2.39. The first-order valence-corrected chi connectivity index (χ1v) is 10.5. The number of thiophene rings is 1. The van der Waals surface area contributed by atoms with Crippen LogP contribution in [0.1, 0.15) is 44.5 Å². The number of nitrogens with zero attached hydrogens (tertiary/aromatic N) is 2. The molecule has 0 radical (unpaired) electrons. The average Bonchev–Trinajstić information content (AvgIpc) is 3.29. The molecule has 28 heavy (non-hydrogen) atoms. The van der Waals surface area contributed by atoms with E-state index in [1.54, 1.807) is 30.6 Å². The van der Waals surface area contributed by atoms with E-state index < -0.39 is 17.7 Å². The Morgan fingerprint density at radius 2 is 2.00 bits per heavy atom. The van der Waals surface area contributed by atoms with Crippen LogP contribution >= 0.6 is 11.3 Å². The molecule has 7 nitrogen and oxygen atoms in total. The molecule has 152 valence electrons. The van der Waals surface area contributed by atoms with Crippen LogP contribution in [0.15, 0.2) is 28.8 Å². The third-order valence-electron chi connectivity index (χ3n) is 5.23. The van der Waals surface area contributed by atoms with Crippen molar-refractivity contribution in [2.24, 2.45) is 5.92 Å². The first-order chi connectivity index (χ1) is 13.4. The SMILES string of the molecule is CCOC(=O)N1CCC(N2C(=O)C(O)=C(C(=O)C(C)C)C2c2cccs2)CC1. The molecule has 2 aliphatic heterocycles. The third-order valence-corrected chi connectivity index (χ3v) is 6.15. The largest absolute Gasteiger partial charge is 0.503 e.